The van der Waals surface area contributed by atoms with E-state index < -0.39 is 6.04 Å². The molecule has 0 saturated carbocycles. The number of ether oxygens (including phenoxy) is 1. The summed E-state index contributed by atoms with van der Waals surface area (Å²) in [5.74, 6) is -0.301. The van der Waals surface area contributed by atoms with E-state index in [1.54, 1.807) is 0 Å². The smallest absolute Gasteiger partial charge is 0.328 e. The van der Waals surface area contributed by atoms with Gasteiger partial charge in [0.1, 0.15) is 6.04 Å². The average molecular weight is 273 g/mol. The van der Waals surface area contributed by atoms with Gasteiger partial charge < -0.3 is 15.2 Å². The van der Waals surface area contributed by atoms with Crippen molar-refractivity contribution >= 4 is 12.2 Å². The normalized spacial score (nSPS) is 31.2. The molecule has 20 heavy (non-hydrogen) atoms. The Balaban J connectivity index is 2.08. The summed E-state index contributed by atoms with van der Waals surface area (Å²) >= 11 is 0. The molecule has 2 aliphatic heterocycles. The molecule has 0 aromatic carbocycles. The number of nitrogens with one attached hydrogen (secondary N) is 2. The van der Waals surface area contributed by atoms with Gasteiger partial charge in [-0.25, -0.2) is 9.79 Å². The summed E-state index contributed by atoms with van der Waals surface area (Å²) in [6.07, 6.45) is 8.43. The second-order valence-corrected chi connectivity index (χ2v) is 5.13. The molecule has 2 heterocycles. The third-order valence-corrected chi connectivity index (χ3v) is 3.98. The molecule has 0 aromatic rings. The molecule has 1 unspecified atom stereocenters. The van der Waals surface area contributed by atoms with Gasteiger partial charge in [-0.05, 0) is 12.5 Å². The molecule has 5 nitrogen and oxygen atoms in total. The van der Waals surface area contributed by atoms with Crippen LogP contribution in [0, 0.1) is 5.92 Å². The van der Waals surface area contributed by atoms with Gasteiger partial charge in [0.25, 0.3) is 0 Å². The minimum atomic E-state index is -0.582. The van der Waals surface area contributed by atoms with Crippen molar-refractivity contribution in [1.82, 2.24) is 5.32 Å². The first-order chi connectivity index (χ1) is 9.61. The Bertz CT molecular complexity index is 623. The lowest BCUT2D eigenvalue weighted by Gasteiger charge is -2.25. The van der Waals surface area contributed by atoms with Gasteiger partial charge in [0.15, 0.2) is 12.1 Å². The summed E-state index contributed by atoms with van der Waals surface area (Å²) in [4.78, 5) is 15.0. The van der Waals surface area contributed by atoms with Crippen molar-refractivity contribution in [3.05, 3.63) is 46.5 Å². The number of carbonyl (C=O) groups excluding carboxylic acids is 1. The fraction of sp³-hybridized carbons (Fsp3) is 0.333. The second kappa shape index (κ2) is 4.67. The lowest BCUT2D eigenvalue weighted by Crippen LogP contribution is -2.64. The van der Waals surface area contributed by atoms with E-state index in [4.69, 9.17) is 4.74 Å². The molecular formula is C15H17N2O3+. The van der Waals surface area contributed by atoms with Crippen LogP contribution >= 0.6 is 0 Å². The van der Waals surface area contributed by atoms with Crippen molar-refractivity contribution in [2.24, 2.45) is 5.92 Å². The van der Waals surface area contributed by atoms with Crippen LogP contribution in [0.3, 0.4) is 0 Å². The first kappa shape index (κ1) is 12.7. The molecular weight excluding hydrogens is 256 g/mol. The number of rotatable bonds is 1. The Labute approximate surface area is 117 Å². The van der Waals surface area contributed by atoms with Crippen LogP contribution in [0.4, 0.5) is 0 Å². The van der Waals surface area contributed by atoms with E-state index in [0.717, 1.165) is 22.4 Å². The molecule has 0 amide bonds. The van der Waals surface area contributed by atoms with E-state index in [2.05, 4.69) is 10.3 Å². The SMILES string of the molecule is COC(=O)[C@@H]1CC2=C3C(=CC=CC3/C(C)=C(/O)N1)[NH+]=C2. The predicted molar refractivity (Wildman–Crippen MR) is 73.7 cm³/mol. The van der Waals surface area contributed by atoms with Crippen molar-refractivity contribution in [3.63, 3.8) is 0 Å². The number of hydrogen-bond donors (Lipinski definition) is 3. The Morgan fingerprint density at radius 3 is 3.10 bits per heavy atom. The van der Waals surface area contributed by atoms with Crippen LogP contribution < -0.4 is 10.3 Å². The Kier molecular flexibility index (Phi) is 2.97. The number of carbonyl (C=O) groups is 1. The molecule has 3 rings (SSSR count). The fourth-order valence-electron chi connectivity index (χ4n) is 2.87. The largest absolute Gasteiger partial charge is 0.495 e. The van der Waals surface area contributed by atoms with Gasteiger partial charge >= 0.3 is 5.97 Å². The highest BCUT2D eigenvalue weighted by Gasteiger charge is 2.36. The molecule has 1 aliphatic carbocycles. The molecule has 5 heteroatoms. The quantitative estimate of drug-likeness (QED) is 0.581. The van der Waals surface area contributed by atoms with Crippen molar-refractivity contribution in [3.8, 4) is 0 Å². The molecule has 0 saturated heterocycles. The Morgan fingerprint density at radius 1 is 1.55 bits per heavy atom. The summed E-state index contributed by atoms with van der Waals surface area (Å²) in [5.41, 5.74) is 4.03. The number of allylic oxidation sites excluding steroid dienone is 5. The van der Waals surface area contributed by atoms with E-state index in [1.807, 2.05) is 31.4 Å². The van der Waals surface area contributed by atoms with Crippen LogP contribution in [-0.2, 0) is 9.53 Å². The lowest BCUT2D eigenvalue weighted by molar-refractivity contribution is -0.383. The summed E-state index contributed by atoms with van der Waals surface area (Å²) in [6.45, 7) is 1.86. The van der Waals surface area contributed by atoms with Crippen molar-refractivity contribution < 1.29 is 19.6 Å². The van der Waals surface area contributed by atoms with Crippen LogP contribution in [0.5, 0.6) is 0 Å². The third kappa shape index (κ3) is 1.86. The van der Waals surface area contributed by atoms with Gasteiger partial charge in [0.2, 0.25) is 5.70 Å². The van der Waals surface area contributed by atoms with Crippen LogP contribution in [0.25, 0.3) is 0 Å². The Morgan fingerprint density at radius 2 is 2.35 bits per heavy atom. The van der Waals surface area contributed by atoms with Gasteiger partial charge in [-0.15, -0.1) is 0 Å². The number of aliphatic hydroxyl groups is 1. The zero-order valence-electron chi connectivity index (χ0n) is 11.4. The number of methoxy groups -OCH3 is 1. The summed E-state index contributed by atoms with van der Waals surface area (Å²) in [7, 11) is 1.35. The topological polar surface area (TPSA) is 72.5 Å². The monoisotopic (exact) mass is 273 g/mol. The summed E-state index contributed by atoms with van der Waals surface area (Å²) in [6, 6.07) is -0.582. The maximum Gasteiger partial charge on any atom is 0.328 e. The average Bonchev–Trinajstić information content (AvgIpc) is 2.86. The molecule has 0 bridgehead atoms. The van der Waals surface area contributed by atoms with Crippen LogP contribution in [0.2, 0.25) is 0 Å². The van der Waals surface area contributed by atoms with E-state index >= 15 is 0 Å². The zero-order valence-corrected chi connectivity index (χ0v) is 11.4. The Hall–Kier alpha value is -2.30. The van der Waals surface area contributed by atoms with Gasteiger partial charge in [-0.2, -0.15) is 0 Å². The second-order valence-electron chi connectivity index (χ2n) is 5.13. The van der Waals surface area contributed by atoms with Gasteiger partial charge in [-0.1, -0.05) is 12.2 Å². The van der Waals surface area contributed by atoms with Crippen molar-refractivity contribution in [2.75, 3.05) is 7.11 Å². The molecule has 2 atom stereocenters. The van der Waals surface area contributed by atoms with Gasteiger partial charge in [0.05, 0.1) is 7.11 Å². The lowest BCUT2D eigenvalue weighted by atomic mass is 9.82. The summed E-state index contributed by atoms with van der Waals surface area (Å²) in [5, 5.41) is 13.0. The molecule has 0 spiro atoms. The number of hydrogen-bond acceptors (Lipinski definition) is 4. The predicted octanol–water partition coefficient (Wildman–Crippen LogP) is -0.158. The van der Waals surface area contributed by atoms with Gasteiger partial charge in [-0.3, -0.25) is 0 Å². The van der Waals surface area contributed by atoms with E-state index in [0.29, 0.717) is 6.42 Å². The molecule has 0 fully saturated rings. The maximum atomic E-state index is 11.8. The van der Waals surface area contributed by atoms with E-state index in [9.17, 15) is 9.90 Å². The highest BCUT2D eigenvalue weighted by Crippen LogP contribution is 2.35. The van der Waals surface area contributed by atoms with Crippen LogP contribution in [0.1, 0.15) is 13.3 Å². The van der Waals surface area contributed by atoms with Crippen LogP contribution in [0.15, 0.2) is 46.5 Å². The maximum absolute atomic E-state index is 11.8. The molecule has 0 radical (unpaired) electrons. The molecule has 3 aliphatic rings. The number of aliphatic hydroxyl groups excluding tert-OH is 1. The molecule has 104 valence electrons. The third-order valence-electron chi connectivity index (χ3n) is 3.98. The minimum absolute atomic E-state index is 0.0300. The van der Waals surface area contributed by atoms with Gasteiger partial charge in [0, 0.05) is 29.6 Å². The summed E-state index contributed by atoms with van der Waals surface area (Å²) < 4.78 is 4.79. The van der Waals surface area contributed by atoms with E-state index in [-0.39, 0.29) is 17.8 Å². The molecule has 3 N–H and O–H groups in total. The zero-order chi connectivity index (χ0) is 14.3. The number of esters is 1. The highest BCUT2D eigenvalue weighted by molar-refractivity contribution is 5.84. The first-order valence-electron chi connectivity index (χ1n) is 6.57. The van der Waals surface area contributed by atoms with Crippen LogP contribution in [-0.4, -0.2) is 30.4 Å². The van der Waals surface area contributed by atoms with Crippen molar-refractivity contribution in [1.29, 1.82) is 0 Å². The molecule has 0 aromatic heterocycles. The van der Waals surface area contributed by atoms with Crippen molar-refractivity contribution in [2.45, 2.75) is 19.4 Å². The minimum Gasteiger partial charge on any atom is -0.495 e. The van der Waals surface area contributed by atoms with E-state index in [1.165, 1.54) is 7.11 Å². The standard InChI is InChI=1S/C15H16N2O3/c1-8-10-4-3-5-11-13(10)9(7-16-11)6-12(15(19)20-2)17-14(8)18/h3-5,7,10,12,17-18H,6H2,1-2H3/p+1/b14-8+/t10?,12-/m0/s1. The first-order valence-corrected chi connectivity index (χ1v) is 6.57. The fourth-order valence-corrected chi connectivity index (χ4v) is 2.87. The highest BCUT2D eigenvalue weighted by atomic mass is 16.5.